The predicted molar refractivity (Wildman–Crippen MR) is 66.6 cm³/mol. The maximum absolute atomic E-state index is 11.8. The van der Waals surface area contributed by atoms with Gasteiger partial charge in [-0.3, -0.25) is 9.59 Å². The maximum atomic E-state index is 11.8. The molecule has 1 aliphatic heterocycles. The highest BCUT2D eigenvalue weighted by Gasteiger charge is 2.68. The van der Waals surface area contributed by atoms with E-state index in [-0.39, 0.29) is 29.0 Å². The second kappa shape index (κ2) is 4.81. The van der Waals surface area contributed by atoms with E-state index >= 15 is 0 Å². The number of hydrogen-bond acceptors (Lipinski definition) is 5. The number of amides is 1. The third kappa shape index (κ3) is 2.07. The molecule has 1 heterocycles. The Hall–Kier alpha value is -1.22. The highest BCUT2D eigenvalue weighted by Crippen LogP contribution is 2.59. The van der Waals surface area contributed by atoms with E-state index in [0.29, 0.717) is 13.0 Å². The lowest BCUT2D eigenvalue weighted by Gasteiger charge is -2.30. The average Bonchev–Trinajstić information content (AvgIpc) is 3.04. The van der Waals surface area contributed by atoms with Crippen molar-refractivity contribution in [2.75, 3.05) is 12.4 Å². The van der Waals surface area contributed by atoms with Gasteiger partial charge in [-0.05, 0) is 19.1 Å². The van der Waals surface area contributed by atoms with Crippen LogP contribution in [0.1, 0.15) is 20.3 Å². The largest absolute Gasteiger partial charge is 0.466 e. The van der Waals surface area contributed by atoms with Crippen LogP contribution >= 0.6 is 11.8 Å². The van der Waals surface area contributed by atoms with Crippen LogP contribution in [-0.2, 0) is 14.3 Å². The molecule has 18 heavy (non-hydrogen) atoms. The molecule has 0 unspecified atom stereocenters. The summed E-state index contributed by atoms with van der Waals surface area (Å²) in [6, 6.07) is 2.21. The number of nitriles is 1. The van der Waals surface area contributed by atoms with Crippen LogP contribution in [0.5, 0.6) is 0 Å². The van der Waals surface area contributed by atoms with Gasteiger partial charge in [-0.25, -0.2) is 0 Å². The van der Waals surface area contributed by atoms with Gasteiger partial charge in [0.15, 0.2) is 0 Å². The fourth-order valence-corrected chi connectivity index (χ4v) is 4.46. The van der Waals surface area contributed by atoms with Crippen LogP contribution in [0.25, 0.3) is 0 Å². The van der Waals surface area contributed by atoms with Crippen molar-refractivity contribution >= 4 is 23.6 Å². The van der Waals surface area contributed by atoms with Crippen molar-refractivity contribution < 1.29 is 14.3 Å². The SMILES string of the molecule is CCOC(=O)[C@H]1[C@@H]2SCC[C@](C#N)(NC(C)=O)[C@@H]21. The first kappa shape index (κ1) is 13.2. The first-order chi connectivity index (χ1) is 8.55. The molecule has 0 aromatic carbocycles. The topological polar surface area (TPSA) is 79.2 Å². The number of carbonyl (C=O) groups is 2. The van der Waals surface area contributed by atoms with Crippen molar-refractivity contribution in [2.45, 2.75) is 31.1 Å². The van der Waals surface area contributed by atoms with Crippen LogP contribution in [0.15, 0.2) is 0 Å². The minimum Gasteiger partial charge on any atom is -0.466 e. The Labute approximate surface area is 110 Å². The normalized spacial score (nSPS) is 37.1. The predicted octanol–water partition coefficient (Wildman–Crippen LogP) is 0.699. The number of nitrogens with one attached hydrogen (secondary N) is 1. The molecule has 5 nitrogen and oxygen atoms in total. The van der Waals surface area contributed by atoms with Crippen molar-refractivity contribution in [2.24, 2.45) is 11.8 Å². The van der Waals surface area contributed by atoms with Crippen LogP contribution in [0.3, 0.4) is 0 Å². The third-order valence-corrected chi connectivity index (χ3v) is 4.90. The summed E-state index contributed by atoms with van der Waals surface area (Å²) in [5.74, 6) is -0.0398. The molecular formula is C12H16N2O3S. The molecule has 1 amide bonds. The number of rotatable bonds is 3. The van der Waals surface area contributed by atoms with Crippen molar-refractivity contribution in [3.05, 3.63) is 0 Å². The first-order valence-corrected chi connectivity index (χ1v) is 7.09. The van der Waals surface area contributed by atoms with Gasteiger partial charge in [0.2, 0.25) is 5.91 Å². The van der Waals surface area contributed by atoms with E-state index in [4.69, 9.17) is 4.74 Å². The summed E-state index contributed by atoms with van der Waals surface area (Å²) in [4.78, 5) is 23.1. The van der Waals surface area contributed by atoms with Gasteiger partial charge in [-0.2, -0.15) is 17.0 Å². The van der Waals surface area contributed by atoms with E-state index in [1.165, 1.54) is 6.92 Å². The molecule has 0 bridgehead atoms. The lowest BCUT2D eigenvalue weighted by Crippen LogP contribution is -2.51. The number of ether oxygens (including phenoxy) is 1. The zero-order chi connectivity index (χ0) is 13.3. The van der Waals surface area contributed by atoms with Crippen LogP contribution in [0.4, 0.5) is 0 Å². The smallest absolute Gasteiger partial charge is 0.310 e. The van der Waals surface area contributed by atoms with E-state index in [1.807, 2.05) is 0 Å². The van der Waals surface area contributed by atoms with Crippen LogP contribution in [0, 0.1) is 23.2 Å². The molecule has 2 aliphatic rings. The second-order valence-corrected chi connectivity index (χ2v) is 5.94. The van der Waals surface area contributed by atoms with E-state index < -0.39 is 5.54 Å². The van der Waals surface area contributed by atoms with Gasteiger partial charge in [-0.1, -0.05) is 0 Å². The van der Waals surface area contributed by atoms with Crippen LogP contribution in [0.2, 0.25) is 0 Å². The quantitative estimate of drug-likeness (QED) is 0.762. The minimum absolute atomic E-state index is 0.107. The molecule has 4 atom stereocenters. The van der Waals surface area contributed by atoms with Gasteiger partial charge in [0, 0.05) is 18.1 Å². The Morgan fingerprint density at radius 3 is 2.89 bits per heavy atom. The molecule has 0 radical (unpaired) electrons. The summed E-state index contributed by atoms with van der Waals surface area (Å²) in [5, 5.41) is 12.2. The Balaban J connectivity index is 2.16. The fourth-order valence-electron chi connectivity index (χ4n) is 2.74. The first-order valence-electron chi connectivity index (χ1n) is 6.04. The number of hydrogen-bond donors (Lipinski definition) is 1. The van der Waals surface area contributed by atoms with Crippen molar-refractivity contribution in [3.63, 3.8) is 0 Å². The molecule has 6 heteroatoms. The maximum Gasteiger partial charge on any atom is 0.310 e. The standard InChI is InChI=1S/C12H16N2O3S/c1-3-17-11(16)8-9-10(8)18-5-4-12(9,6-13)14-7(2)15/h8-10H,3-5H2,1-2H3,(H,14,15)/t8-,9-,10+,12-/m1/s1. The third-order valence-electron chi connectivity index (χ3n) is 3.49. The number of fused-ring (bicyclic) bond motifs is 1. The van der Waals surface area contributed by atoms with E-state index in [1.54, 1.807) is 18.7 Å². The van der Waals surface area contributed by atoms with Gasteiger partial charge in [-0.15, -0.1) is 0 Å². The van der Waals surface area contributed by atoms with Crippen molar-refractivity contribution in [3.8, 4) is 6.07 Å². The molecule has 0 spiro atoms. The Bertz CT molecular complexity index is 420. The van der Waals surface area contributed by atoms with Crippen LogP contribution < -0.4 is 5.32 Å². The lowest BCUT2D eigenvalue weighted by atomic mass is 9.90. The summed E-state index contributed by atoms with van der Waals surface area (Å²) in [6.07, 6.45) is 0.588. The summed E-state index contributed by atoms with van der Waals surface area (Å²) in [5.41, 5.74) is -0.890. The average molecular weight is 268 g/mol. The number of nitrogens with zero attached hydrogens (tertiary/aromatic N) is 1. The number of thioether (sulfide) groups is 1. The summed E-state index contributed by atoms with van der Waals surface area (Å²) in [7, 11) is 0. The molecular weight excluding hydrogens is 252 g/mol. The van der Waals surface area contributed by atoms with E-state index in [0.717, 1.165) is 5.75 Å². The van der Waals surface area contributed by atoms with Gasteiger partial charge >= 0.3 is 5.97 Å². The fraction of sp³-hybridized carbons (Fsp3) is 0.750. The Kier molecular flexibility index (Phi) is 3.53. The lowest BCUT2D eigenvalue weighted by molar-refractivity contribution is -0.145. The van der Waals surface area contributed by atoms with Gasteiger partial charge in [0.25, 0.3) is 0 Å². The summed E-state index contributed by atoms with van der Waals surface area (Å²) >= 11 is 1.70. The molecule has 1 saturated carbocycles. The molecule has 0 aromatic rings. The number of carbonyl (C=O) groups excluding carboxylic acids is 2. The zero-order valence-electron chi connectivity index (χ0n) is 10.4. The van der Waals surface area contributed by atoms with Gasteiger partial charge in [0.1, 0.15) is 5.54 Å². The molecule has 1 saturated heterocycles. The van der Waals surface area contributed by atoms with Gasteiger partial charge < -0.3 is 10.1 Å². The van der Waals surface area contributed by atoms with Crippen molar-refractivity contribution in [1.82, 2.24) is 5.32 Å². The molecule has 1 N–H and O–H groups in total. The van der Waals surface area contributed by atoms with E-state index in [2.05, 4.69) is 11.4 Å². The highest BCUT2D eigenvalue weighted by molar-refractivity contribution is 8.00. The van der Waals surface area contributed by atoms with Crippen molar-refractivity contribution in [1.29, 1.82) is 5.26 Å². The van der Waals surface area contributed by atoms with E-state index in [9.17, 15) is 14.9 Å². The minimum atomic E-state index is -0.890. The summed E-state index contributed by atoms with van der Waals surface area (Å²) < 4.78 is 5.03. The molecule has 1 aliphatic carbocycles. The van der Waals surface area contributed by atoms with Gasteiger partial charge in [0.05, 0.1) is 18.6 Å². The highest BCUT2D eigenvalue weighted by atomic mass is 32.2. The molecule has 98 valence electrons. The number of esters is 1. The Morgan fingerprint density at radius 1 is 1.61 bits per heavy atom. The molecule has 2 fully saturated rings. The summed E-state index contributed by atoms with van der Waals surface area (Å²) in [6.45, 7) is 3.51. The van der Waals surface area contributed by atoms with Crippen LogP contribution in [-0.4, -0.2) is 35.0 Å². The monoisotopic (exact) mass is 268 g/mol. The zero-order valence-corrected chi connectivity index (χ0v) is 11.3. The molecule has 2 rings (SSSR count). The molecule has 0 aromatic heterocycles. The second-order valence-electron chi connectivity index (χ2n) is 4.65. The Morgan fingerprint density at radius 2 is 2.33 bits per heavy atom.